The fourth-order valence-corrected chi connectivity index (χ4v) is 2.40. The molecule has 0 aliphatic carbocycles. The largest absolute Gasteiger partial charge is 0.490 e. The van der Waals surface area contributed by atoms with Crippen LogP contribution in [0.25, 0.3) is 22.4 Å². The van der Waals surface area contributed by atoms with Crippen LogP contribution in [0.2, 0.25) is 0 Å². The first-order chi connectivity index (χ1) is 11.1. The van der Waals surface area contributed by atoms with Gasteiger partial charge in [-0.1, -0.05) is 0 Å². The third kappa shape index (κ3) is 2.94. The third-order valence-corrected chi connectivity index (χ3v) is 3.40. The topological polar surface area (TPSA) is 49.2 Å². The lowest BCUT2D eigenvalue weighted by molar-refractivity contribution is -0.0514. The average Bonchev–Trinajstić information content (AvgIpc) is 2.86. The van der Waals surface area contributed by atoms with Crippen LogP contribution in [0.1, 0.15) is 6.92 Å². The number of ether oxygens (including phenoxy) is 2. The summed E-state index contributed by atoms with van der Waals surface area (Å²) in [7, 11) is 1.87. The molecule has 0 bridgehead atoms. The highest BCUT2D eigenvalue weighted by Crippen LogP contribution is 2.34. The van der Waals surface area contributed by atoms with Crippen LogP contribution in [0, 0.1) is 0 Å². The highest BCUT2D eigenvalue weighted by molar-refractivity contribution is 5.80. The van der Waals surface area contributed by atoms with Crippen LogP contribution >= 0.6 is 0 Å². The number of imidazole rings is 1. The van der Waals surface area contributed by atoms with Crippen LogP contribution in [0.4, 0.5) is 8.78 Å². The van der Waals surface area contributed by atoms with Gasteiger partial charge in [0.2, 0.25) is 0 Å². The number of hydrogen-bond acceptors (Lipinski definition) is 4. The van der Waals surface area contributed by atoms with Gasteiger partial charge in [-0.3, -0.25) is 4.98 Å². The number of pyridine rings is 1. The molecule has 5 nitrogen and oxygen atoms in total. The van der Waals surface area contributed by atoms with Crippen molar-refractivity contribution in [3.05, 3.63) is 36.7 Å². The van der Waals surface area contributed by atoms with Gasteiger partial charge in [-0.25, -0.2) is 4.98 Å². The molecule has 3 rings (SSSR count). The fraction of sp³-hybridized carbons (Fsp3) is 0.250. The summed E-state index contributed by atoms with van der Waals surface area (Å²) in [6, 6.07) is 6.60. The smallest absolute Gasteiger partial charge is 0.387 e. The number of benzene rings is 1. The van der Waals surface area contributed by atoms with Gasteiger partial charge in [-0.05, 0) is 31.2 Å². The summed E-state index contributed by atoms with van der Waals surface area (Å²) in [5.41, 5.74) is 2.44. The van der Waals surface area contributed by atoms with Crippen molar-refractivity contribution in [2.45, 2.75) is 13.5 Å². The maximum Gasteiger partial charge on any atom is 0.387 e. The second kappa shape index (κ2) is 6.20. The summed E-state index contributed by atoms with van der Waals surface area (Å²) in [5, 5.41) is 0. The standard InChI is InChI=1S/C16H15F2N3O2/c1-3-22-14-8-10(4-5-13(14)23-16(17)18)15-20-11-6-7-19-9-12(11)21(15)2/h4-9,16H,3H2,1-2H3. The predicted octanol–water partition coefficient (Wildman–Crippen LogP) is 3.64. The van der Waals surface area contributed by atoms with Crippen LogP contribution < -0.4 is 9.47 Å². The monoisotopic (exact) mass is 319 g/mol. The Hall–Kier alpha value is -2.70. The van der Waals surface area contributed by atoms with Gasteiger partial charge < -0.3 is 14.0 Å². The van der Waals surface area contributed by atoms with Crippen LogP contribution in [0.5, 0.6) is 11.5 Å². The van der Waals surface area contributed by atoms with Crippen LogP contribution in [-0.2, 0) is 7.05 Å². The zero-order valence-corrected chi connectivity index (χ0v) is 12.7. The molecule has 2 heterocycles. The van der Waals surface area contributed by atoms with Crippen molar-refractivity contribution in [3.8, 4) is 22.9 Å². The van der Waals surface area contributed by atoms with Gasteiger partial charge in [0.1, 0.15) is 5.82 Å². The van der Waals surface area contributed by atoms with Gasteiger partial charge in [0.15, 0.2) is 11.5 Å². The van der Waals surface area contributed by atoms with Gasteiger partial charge in [-0.2, -0.15) is 8.78 Å². The SMILES string of the molecule is CCOc1cc(-c2nc3ccncc3n2C)ccc1OC(F)F. The van der Waals surface area contributed by atoms with Crippen molar-refractivity contribution < 1.29 is 18.3 Å². The van der Waals surface area contributed by atoms with Crippen molar-refractivity contribution in [1.82, 2.24) is 14.5 Å². The second-order valence-electron chi connectivity index (χ2n) is 4.83. The van der Waals surface area contributed by atoms with E-state index < -0.39 is 6.61 Å². The third-order valence-electron chi connectivity index (χ3n) is 3.40. The Morgan fingerprint density at radius 1 is 1.22 bits per heavy atom. The van der Waals surface area contributed by atoms with E-state index in [1.165, 1.54) is 6.07 Å². The first-order valence-electron chi connectivity index (χ1n) is 7.08. The molecule has 1 aromatic carbocycles. The molecule has 0 unspecified atom stereocenters. The zero-order chi connectivity index (χ0) is 16.4. The summed E-state index contributed by atoms with van der Waals surface area (Å²) >= 11 is 0. The van der Waals surface area contributed by atoms with E-state index in [-0.39, 0.29) is 11.5 Å². The molecule has 120 valence electrons. The first-order valence-corrected chi connectivity index (χ1v) is 7.08. The Balaban J connectivity index is 2.08. The lowest BCUT2D eigenvalue weighted by Crippen LogP contribution is -2.05. The molecule has 0 radical (unpaired) electrons. The van der Waals surface area contributed by atoms with E-state index >= 15 is 0 Å². The Labute approximate surface area is 131 Å². The van der Waals surface area contributed by atoms with Crippen molar-refractivity contribution in [1.29, 1.82) is 0 Å². The average molecular weight is 319 g/mol. The summed E-state index contributed by atoms with van der Waals surface area (Å²) in [6.45, 7) is -0.781. The first kappa shape index (κ1) is 15.2. The number of fused-ring (bicyclic) bond motifs is 1. The Morgan fingerprint density at radius 3 is 2.74 bits per heavy atom. The molecule has 0 aliphatic heterocycles. The van der Waals surface area contributed by atoms with Crippen LogP contribution in [0.3, 0.4) is 0 Å². The molecule has 23 heavy (non-hydrogen) atoms. The van der Waals surface area contributed by atoms with Crippen molar-refractivity contribution >= 4 is 11.0 Å². The van der Waals surface area contributed by atoms with E-state index in [9.17, 15) is 8.78 Å². The van der Waals surface area contributed by atoms with Crippen molar-refractivity contribution in [2.75, 3.05) is 6.61 Å². The number of aryl methyl sites for hydroxylation is 1. The minimum absolute atomic E-state index is 0.00558. The maximum absolute atomic E-state index is 12.5. The van der Waals surface area contributed by atoms with Gasteiger partial charge >= 0.3 is 6.61 Å². The number of alkyl halides is 2. The van der Waals surface area contributed by atoms with E-state index in [0.717, 1.165) is 16.6 Å². The fourth-order valence-electron chi connectivity index (χ4n) is 2.40. The van der Waals surface area contributed by atoms with Gasteiger partial charge in [0.05, 0.1) is 23.8 Å². The summed E-state index contributed by atoms with van der Waals surface area (Å²) in [4.78, 5) is 8.64. The highest BCUT2D eigenvalue weighted by Gasteiger charge is 2.15. The normalized spacial score (nSPS) is 11.2. The minimum Gasteiger partial charge on any atom is -0.490 e. The molecule has 3 aromatic rings. The molecule has 0 fully saturated rings. The molecule has 0 N–H and O–H groups in total. The summed E-state index contributed by atoms with van der Waals surface area (Å²) in [6.07, 6.45) is 3.40. The molecule has 0 atom stereocenters. The van der Waals surface area contributed by atoms with Gasteiger partial charge in [0, 0.05) is 18.8 Å². The van der Waals surface area contributed by atoms with Crippen molar-refractivity contribution in [2.24, 2.45) is 7.05 Å². The molecule has 2 aromatic heterocycles. The highest BCUT2D eigenvalue weighted by atomic mass is 19.3. The molecule has 0 amide bonds. The molecule has 7 heteroatoms. The van der Waals surface area contributed by atoms with Gasteiger partial charge in [-0.15, -0.1) is 0 Å². The Morgan fingerprint density at radius 2 is 2.04 bits per heavy atom. The van der Waals surface area contributed by atoms with E-state index in [0.29, 0.717) is 12.4 Å². The lowest BCUT2D eigenvalue weighted by Gasteiger charge is -2.12. The van der Waals surface area contributed by atoms with Crippen LogP contribution in [0.15, 0.2) is 36.7 Å². The minimum atomic E-state index is -2.90. The van der Waals surface area contributed by atoms with E-state index in [1.54, 1.807) is 31.5 Å². The lowest BCUT2D eigenvalue weighted by atomic mass is 10.2. The van der Waals surface area contributed by atoms with Gasteiger partial charge in [0.25, 0.3) is 0 Å². The van der Waals surface area contributed by atoms with Crippen LogP contribution in [-0.4, -0.2) is 27.8 Å². The molecular formula is C16H15F2N3O2. The Kier molecular flexibility index (Phi) is 4.10. The summed E-state index contributed by atoms with van der Waals surface area (Å²) in [5.74, 6) is 0.957. The zero-order valence-electron chi connectivity index (χ0n) is 12.7. The molecule has 0 aliphatic rings. The molecule has 0 saturated carbocycles. The Bertz CT molecular complexity index is 833. The summed E-state index contributed by atoms with van der Waals surface area (Å²) < 4.78 is 36.7. The maximum atomic E-state index is 12.5. The number of halogens is 2. The van der Waals surface area contributed by atoms with E-state index in [2.05, 4.69) is 14.7 Å². The number of rotatable bonds is 5. The number of aromatic nitrogens is 3. The predicted molar refractivity (Wildman–Crippen MR) is 81.7 cm³/mol. The number of nitrogens with zero attached hydrogens (tertiary/aromatic N) is 3. The quantitative estimate of drug-likeness (QED) is 0.720. The molecular weight excluding hydrogens is 304 g/mol. The second-order valence-corrected chi connectivity index (χ2v) is 4.83. The molecule has 0 spiro atoms. The van der Waals surface area contributed by atoms with E-state index in [1.807, 2.05) is 17.7 Å². The van der Waals surface area contributed by atoms with Crippen molar-refractivity contribution in [3.63, 3.8) is 0 Å². The molecule has 0 saturated heterocycles. The number of hydrogen-bond donors (Lipinski definition) is 0. The van der Waals surface area contributed by atoms with E-state index in [4.69, 9.17) is 4.74 Å².